The molecular weight excluding hydrogens is 230 g/mol. The molecule has 0 atom stereocenters. The molecule has 1 N–H and O–H groups in total. The van der Waals surface area contributed by atoms with Gasteiger partial charge in [-0.05, 0) is 36.4 Å². The average molecular weight is 239 g/mol. The average Bonchev–Trinajstić information content (AvgIpc) is 2.88. The maximum atomic E-state index is 10.8. The van der Waals surface area contributed by atoms with Gasteiger partial charge in [-0.15, -0.1) is 0 Å². The van der Waals surface area contributed by atoms with Crippen LogP contribution in [0.1, 0.15) is 10.6 Å². The van der Waals surface area contributed by atoms with Crippen LogP contribution in [0.4, 0.5) is 0 Å². The molecule has 4 heteroatoms. The molecule has 0 saturated carbocycles. The van der Waals surface area contributed by atoms with E-state index < -0.39 is 5.97 Å². The van der Waals surface area contributed by atoms with Crippen LogP contribution >= 0.6 is 0 Å². The number of aromatic carboxylic acids is 1. The summed E-state index contributed by atoms with van der Waals surface area (Å²) in [5.41, 5.74) is 1.73. The first-order valence-electron chi connectivity index (χ1n) is 5.42. The monoisotopic (exact) mass is 239 g/mol. The minimum Gasteiger partial charge on any atom is -0.475 e. The highest BCUT2D eigenvalue weighted by atomic mass is 16.4. The lowest BCUT2D eigenvalue weighted by atomic mass is 10.1. The van der Waals surface area contributed by atoms with Crippen LogP contribution in [0.5, 0.6) is 0 Å². The zero-order valence-corrected chi connectivity index (χ0v) is 9.33. The zero-order chi connectivity index (χ0) is 12.5. The van der Waals surface area contributed by atoms with Crippen molar-refractivity contribution in [2.45, 2.75) is 0 Å². The molecule has 0 amide bonds. The van der Waals surface area contributed by atoms with Gasteiger partial charge in [0.15, 0.2) is 0 Å². The molecule has 4 nitrogen and oxygen atoms in total. The van der Waals surface area contributed by atoms with E-state index in [1.807, 2.05) is 30.3 Å². The van der Waals surface area contributed by atoms with E-state index in [-0.39, 0.29) is 5.76 Å². The highest BCUT2D eigenvalue weighted by molar-refractivity contribution is 5.86. The van der Waals surface area contributed by atoms with Crippen LogP contribution < -0.4 is 0 Å². The molecule has 3 rings (SSSR count). The van der Waals surface area contributed by atoms with Gasteiger partial charge in [0.2, 0.25) is 5.76 Å². The summed E-state index contributed by atoms with van der Waals surface area (Å²) in [6.45, 7) is 0. The molecule has 3 aromatic rings. The van der Waals surface area contributed by atoms with Crippen molar-refractivity contribution < 1.29 is 14.3 Å². The second kappa shape index (κ2) is 4.00. The van der Waals surface area contributed by atoms with Gasteiger partial charge >= 0.3 is 5.97 Å². The minimum absolute atomic E-state index is 0.0590. The molecule has 0 aliphatic heterocycles. The number of nitrogens with zero attached hydrogens (tertiary/aromatic N) is 1. The summed E-state index contributed by atoms with van der Waals surface area (Å²) < 4.78 is 5.26. The van der Waals surface area contributed by atoms with Crippen LogP contribution in [-0.2, 0) is 0 Å². The molecule has 88 valence electrons. The van der Waals surface area contributed by atoms with Crippen molar-refractivity contribution in [1.82, 2.24) is 4.98 Å². The van der Waals surface area contributed by atoms with Crippen molar-refractivity contribution >= 4 is 16.9 Å². The summed E-state index contributed by atoms with van der Waals surface area (Å²) in [5, 5.41) is 9.80. The van der Waals surface area contributed by atoms with Crippen molar-refractivity contribution in [2.24, 2.45) is 0 Å². The summed E-state index contributed by atoms with van der Waals surface area (Å²) in [4.78, 5) is 15.0. The fourth-order valence-electron chi connectivity index (χ4n) is 1.84. The molecule has 0 radical (unpaired) electrons. The number of carboxylic acid groups (broad SMARTS) is 1. The normalized spacial score (nSPS) is 10.7. The Kier molecular flexibility index (Phi) is 2.34. The van der Waals surface area contributed by atoms with E-state index in [9.17, 15) is 4.79 Å². The number of pyridine rings is 1. The van der Waals surface area contributed by atoms with Crippen molar-refractivity contribution in [2.75, 3.05) is 0 Å². The Labute approximate surface area is 103 Å². The molecular formula is C14H9NO3. The molecule has 0 aliphatic rings. The molecule has 0 unspecified atom stereocenters. The van der Waals surface area contributed by atoms with Crippen LogP contribution in [-0.4, -0.2) is 16.1 Å². The van der Waals surface area contributed by atoms with E-state index in [0.29, 0.717) is 5.76 Å². The maximum Gasteiger partial charge on any atom is 0.371 e. The third-order valence-corrected chi connectivity index (χ3v) is 2.70. The number of hydrogen-bond donors (Lipinski definition) is 1. The van der Waals surface area contributed by atoms with E-state index in [1.165, 1.54) is 6.07 Å². The van der Waals surface area contributed by atoms with E-state index in [0.717, 1.165) is 16.5 Å². The highest BCUT2D eigenvalue weighted by Crippen LogP contribution is 2.25. The Morgan fingerprint density at radius 2 is 2.06 bits per heavy atom. The van der Waals surface area contributed by atoms with Crippen molar-refractivity contribution in [3.8, 4) is 11.3 Å². The van der Waals surface area contributed by atoms with Gasteiger partial charge in [0.05, 0.1) is 5.52 Å². The van der Waals surface area contributed by atoms with Gasteiger partial charge < -0.3 is 9.52 Å². The van der Waals surface area contributed by atoms with Gasteiger partial charge in [-0.25, -0.2) is 4.79 Å². The number of hydrogen-bond acceptors (Lipinski definition) is 3. The van der Waals surface area contributed by atoms with Gasteiger partial charge in [0.1, 0.15) is 5.76 Å². The fourth-order valence-corrected chi connectivity index (χ4v) is 1.84. The van der Waals surface area contributed by atoms with Gasteiger partial charge in [-0.3, -0.25) is 4.98 Å². The van der Waals surface area contributed by atoms with E-state index in [4.69, 9.17) is 9.52 Å². The third kappa shape index (κ3) is 1.73. The molecule has 0 spiro atoms. The van der Waals surface area contributed by atoms with Crippen molar-refractivity contribution in [3.05, 3.63) is 54.4 Å². The van der Waals surface area contributed by atoms with Crippen LogP contribution in [0, 0.1) is 0 Å². The van der Waals surface area contributed by atoms with Crippen LogP contribution in [0.3, 0.4) is 0 Å². The molecule has 0 saturated heterocycles. The molecule has 2 aromatic heterocycles. The number of carboxylic acids is 1. The second-order valence-corrected chi connectivity index (χ2v) is 3.88. The summed E-state index contributed by atoms with van der Waals surface area (Å²) in [6, 6.07) is 12.6. The SMILES string of the molecule is O=C(O)c1ccc(-c2ccc3ncccc3c2)o1. The van der Waals surface area contributed by atoms with E-state index in [2.05, 4.69) is 4.98 Å². The number of furan rings is 1. The summed E-state index contributed by atoms with van der Waals surface area (Å²) in [6.07, 6.45) is 1.73. The van der Waals surface area contributed by atoms with Gasteiger partial charge in [-0.2, -0.15) is 0 Å². The Hall–Kier alpha value is -2.62. The Bertz CT molecular complexity index is 730. The molecule has 0 aliphatic carbocycles. The summed E-state index contributed by atoms with van der Waals surface area (Å²) in [7, 11) is 0. The Balaban J connectivity index is 2.10. The van der Waals surface area contributed by atoms with Crippen molar-refractivity contribution in [1.29, 1.82) is 0 Å². The number of fused-ring (bicyclic) bond motifs is 1. The minimum atomic E-state index is -1.07. The van der Waals surface area contributed by atoms with E-state index in [1.54, 1.807) is 12.3 Å². The lowest BCUT2D eigenvalue weighted by Crippen LogP contribution is -1.91. The lowest BCUT2D eigenvalue weighted by molar-refractivity contribution is 0.0663. The largest absolute Gasteiger partial charge is 0.475 e. The van der Waals surface area contributed by atoms with Gasteiger partial charge in [-0.1, -0.05) is 6.07 Å². The molecule has 0 fully saturated rings. The van der Waals surface area contributed by atoms with Crippen LogP contribution in [0.2, 0.25) is 0 Å². The third-order valence-electron chi connectivity index (χ3n) is 2.70. The smallest absolute Gasteiger partial charge is 0.371 e. The number of rotatable bonds is 2. The molecule has 2 heterocycles. The first-order chi connectivity index (χ1) is 8.74. The predicted octanol–water partition coefficient (Wildman–Crippen LogP) is 3.19. The Morgan fingerprint density at radius 1 is 1.17 bits per heavy atom. The molecule has 0 bridgehead atoms. The standard InChI is InChI=1S/C14H9NO3/c16-14(17)13-6-5-12(18-13)10-3-4-11-9(8-10)2-1-7-15-11/h1-8H,(H,16,17). The topological polar surface area (TPSA) is 63.3 Å². The van der Waals surface area contributed by atoms with Crippen LogP contribution in [0.15, 0.2) is 53.1 Å². The quantitative estimate of drug-likeness (QED) is 0.745. The van der Waals surface area contributed by atoms with Gasteiger partial charge in [0.25, 0.3) is 0 Å². The lowest BCUT2D eigenvalue weighted by Gasteiger charge is -2.00. The Morgan fingerprint density at radius 3 is 2.83 bits per heavy atom. The number of carbonyl (C=O) groups is 1. The maximum absolute atomic E-state index is 10.8. The predicted molar refractivity (Wildman–Crippen MR) is 66.4 cm³/mol. The summed E-state index contributed by atoms with van der Waals surface area (Å²) in [5.74, 6) is -0.585. The molecule has 1 aromatic carbocycles. The second-order valence-electron chi connectivity index (χ2n) is 3.88. The first kappa shape index (κ1) is 10.5. The van der Waals surface area contributed by atoms with Crippen LogP contribution in [0.25, 0.3) is 22.2 Å². The molecule has 18 heavy (non-hydrogen) atoms. The van der Waals surface area contributed by atoms with Gasteiger partial charge in [0, 0.05) is 17.1 Å². The fraction of sp³-hybridized carbons (Fsp3) is 0. The van der Waals surface area contributed by atoms with E-state index >= 15 is 0 Å². The first-order valence-corrected chi connectivity index (χ1v) is 5.42. The zero-order valence-electron chi connectivity index (χ0n) is 9.33. The highest BCUT2D eigenvalue weighted by Gasteiger charge is 2.10. The summed E-state index contributed by atoms with van der Waals surface area (Å²) >= 11 is 0. The van der Waals surface area contributed by atoms with Crippen molar-refractivity contribution in [3.63, 3.8) is 0 Å². The number of benzene rings is 1. The number of aromatic nitrogens is 1.